The summed E-state index contributed by atoms with van der Waals surface area (Å²) in [4.78, 5) is 25.9. The molecule has 3 aromatic rings. The van der Waals surface area contributed by atoms with Crippen molar-refractivity contribution in [3.63, 3.8) is 0 Å². The third-order valence-electron chi connectivity index (χ3n) is 6.12. The topological polar surface area (TPSA) is 55.4 Å². The van der Waals surface area contributed by atoms with Crippen LogP contribution in [0.1, 0.15) is 42.2 Å². The summed E-state index contributed by atoms with van der Waals surface area (Å²) in [5.74, 6) is 1.09. The first-order valence-corrected chi connectivity index (χ1v) is 11.1. The van der Waals surface area contributed by atoms with Crippen LogP contribution in [-0.4, -0.2) is 11.7 Å². The van der Waals surface area contributed by atoms with Gasteiger partial charge >= 0.3 is 0 Å². The SMILES string of the molecule is O=C1CC(c2cccc(Oc3ccccc3)c2)C2=C(CC(c3ccccc3Cl)CC2=O)N1. The largest absolute Gasteiger partial charge is 0.457 e. The standard InChI is InChI=1S/C27H22ClNO3/c28-23-12-5-4-11-21(23)18-14-24-27(25(30)15-18)22(16-26(31)29-24)17-7-6-10-20(13-17)32-19-8-2-1-3-9-19/h1-13,18,22H,14-16H2,(H,29,31). The van der Waals surface area contributed by atoms with Crippen LogP contribution in [0.3, 0.4) is 0 Å². The zero-order chi connectivity index (χ0) is 22.1. The Balaban J connectivity index is 1.47. The second-order valence-corrected chi connectivity index (χ2v) is 8.64. The summed E-state index contributed by atoms with van der Waals surface area (Å²) in [6, 6.07) is 24.8. The lowest BCUT2D eigenvalue weighted by atomic mass is 9.73. The maximum atomic E-state index is 13.3. The van der Waals surface area contributed by atoms with E-state index in [4.69, 9.17) is 16.3 Å². The van der Waals surface area contributed by atoms with Crippen molar-refractivity contribution in [1.29, 1.82) is 0 Å². The van der Waals surface area contributed by atoms with Gasteiger partial charge in [-0.3, -0.25) is 9.59 Å². The number of Topliss-reactive ketones (excluding diaryl/α,β-unsaturated/α-hetero) is 1. The zero-order valence-corrected chi connectivity index (χ0v) is 18.1. The molecule has 1 N–H and O–H groups in total. The number of halogens is 1. The molecule has 0 spiro atoms. The monoisotopic (exact) mass is 443 g/mol. The number of ether oxygens (including phenoxy) is 1. The first-order valence-electron chi connectivity index (χ1n) is 10.7. The molecule has 1 heterocycles. The van der Waals surface area contributed by atoms with Gasteiger partial charge in [-0.2, -0.15) is 0 Å². The van der Waals surface area contributed by atoms with Gasteiger partial charge in [0.15, 0.2) is 5.78 Å². The molecule has 0 aromatic heterocycles. The van der Waals surface area contributed by atoms with Crippen LogP contribution in [0.4, 0.5) is 0 Å². The molecule has 4 nitrogen and oxygen atoms in total. The van der Waals surface area contributed by atoms with Crippen LogP contribution in [0.2, 0.25) is 5.02 Å². The highest BCUT2D eigenvalue weighted by molar-refractivity contribution is 6.31. The van der Waals surface area contributed by atoms with Crippen LogP contribution in [0, 0.1) is 0 Å². The molecule has 2 aliphatic rings. The molecular weight excluding hydrogens is 422 g/mol. The van der Waals surface area contributed by atoms with Gasteiger partial charge in [0.05, 0.1) is 0 Å². The Bertz CT molecular complexity index is 1220. The van der Waals surface area contributed by atoms with E-state index in [1.807, 2.05) is 78.9 Å². The van der Waals surface area contributed by atoms with Gasteiger partial charge in [0.25, 0.3) is 0 Å². The molecule has 1 aliphatic carbocycles. The van der Waals surface area contributed by atoms with Crippen molar-refractivity contribution in [3.05, 3.63) is 106 Å². The van der Waals surface area contributed by atoms with Crippen molar-refractivity contribution in [2.24, 2.45) is 0 Å². The summed E-state index contributed by atoms with van der Waals surface area (Å²) in [7, 11) is 0. The lowest BCUT2D eigenvalue weighted by Crippen LogP contribution is -2.38. The van der Waals surface area contributed by atoms with Crippen LogP contribution in [0.5, 0.6) is 11.5 Å². The smallest absolute Gasteiger partial charge is 0.225 e. The number of amides is 1. The van der Waals surface area contributed by atoms with Crippen molar-refractivity contribution in [3.8, 4) is 11.5 Å². The minimum Gasteiger partial charge on any atom is -0.457 e. The van der Waals surface area contributed by atoms with Crippen molar-refractivity contribution in [2.75, 3.05) is 0 Å². The average Bonchev–Trinajstić information content (AvgIpc) is 2.79. The summed E-state index contributed by atoms with van der Waals surface area (Å²) in [5, 5.41) is 3.62. The Kier molecular flexibility index (Phi) is 5.54. The van der Waals surface area contributed by atoms with Crippen LogP contribution in [-0.2, 0) is 9.59 Å². The molecule has 0 saturated carbocycles. The normalized spacial score (nSPS) is 20.5. The Hall–Kier alpha value is -3.37. The molecule has 2 atom stereocenters. The van der Waals surface area contributed by atoms with E-state index < -0.39 is 0 Å². The Morgan fingerprint density at radius 2 is 1.56 bits per heavy atom. The number of para-hydroxylation sites is 1. The predicted octanol–water partition coefficient (Wildman–Crippen LogP) is 6.14. The number of rotatable bonds is 4. The Morgan fingerprint density at radius 1 is 0.812 bits per heavy atom. The first-order chi connectivity index (χ1) is 15.6. The lowest BCUT2D eigenvalue weighted by molar-refractivity contribution is -0.122. The van der Waals surface area contributed by atoms with Gasteiger partial charge in [-0.15, -0.1) is 0 Å². The summed E-state index contributed by atoms with van der Waals surface area (Å²) < 4.78 is 5.97. The molecule has 5 heteroatoms. The maximum Gasteiger partial charge on any atom is 0.225 e. The number of carbonyl (C=O) groups is 2. The summed E-state index contributed by atoms with van der Waals surface area (Å²) >= 11 is 6.39. The Morgan fingerprint density at radius 3 is 2.38 bits per heavy atom. The van der Waals surface area contributed by atoms with E-state index in [1.165, 1.54) is 0 Å². The average molecular weight is 444 g/mol. The van der Waals surface area contributed by atoms with Gasteiger partial charge in [0, 0.05) is 35.1 Å². The lowest BCUT2D eigenvalue weighted by Gasteiger charge is -2.34. The molecule has 2 unspecified atom stereocenters. The van der Waals surface area contributed by atoms with Gasteiger partial charge in [-0.05, 0) is 53.8 Å². The molecule has 3 aromatic carbocycles. The number of allylic oxidation sites excluding steroid dienone is 2. The van der Waals surface area contributed by atoms with Crippen molar-refractivity contribution in [1.82, 2.24) is 5.32 Å². The van der Waals surface area contributed by atoms with E-state index in [9.17, 15) is 9.59 Å². The van der Waals surface area contributed by atoms with E-state index in [0.29, 0.717) is 29.2 Å². The molecule has 0 radical (unpaired) electrons. The van der Waals surface area contributed by atoms with E-state index >= 15 is 0 Å². The van der Waals surface area contributed by atoms with Crippen LogP contribution < -0.4 is 10.1 Å². The van der Waals surface area contributed by atoms with Crippen molar-refractivity contribution >= 4 is 23.3 Å². The van der Waals surface area contributed by atoms with Gasteiger partial charge in [0.1, 0.15) is 11.5 Å². The van der Waals surface area contributed by atoms with Crippen LogP contribution in [0.15, 0.2) is 90.1 Å². The minimum absolute atomic E-state index is 0.0400. The number of hydrogen-bond acceptors (Lipinski definition) is 3. The van der Waals surface area contributed by atoms with Gasteiger partial charge in [-0.1, -0.05) is 60.1 Å². The van der Waals surface area contributed by atoms with Gasteiger partial charge in [0.2, 0.25) is 5.91 Å². The van der Waals surface area contributed by atoms with Crippen LogP contribution >= 0.6 is 11.6 Å². The quantitative estimate of drug-likeness (QED) is 0.527. The summed E-state index contributed by atoms with van der Waals surface area (Å²) in [6.45, 7) is 0. The number of ketones is 1. The third kappa shape index (κ3) is 4.06. The van der Waals surface area contributed by atoms with E-state index in [2.05, 4.69) is 5.32 Å². The molecule has 0 saturated heterocycles. The molecule has 1 amide bonds. The molecule has 0 bridgehead atoms. The first kappa shape index (κ1) is 20.5. The molecule has 5 rings (SSSR count). The number of carbonyl (C=O) groups excluding carboxylic acids is 2. The van der Waals surface area contributed by atoms with Gasteiger partial charge < -0.3 is 10.1 Å². The highest BCUT2D eigenvalue weighted by Gasteiger charge is 2.38. The van der Waals surface area contributed by atoms with E-state index in [0.717, 1.165) is 22.6 Å². The Labute approximate surface area is 191 Å². The highest BCUT2D eigenvalue weighted by Crippen LogP contribution is 2.44. The molecule has 0 fully saturated rings. The third-order valence-corrected chi connectivity index (χ3v) is 6.46. The summed E-state index contributed by atoms with van der Waals surface area (Å²) in [5.41, 5.74) is 3.29. The number of benzene rings is 3. The molecule has 160 valence electrons. The van der Waals surface area contributed by atoms with Crippen molar-refractivity contribution < 1.29 is 14.3 Å². The molecule has 32 heavy (non-hydrogen) atoms. The van der Waals surface area contributed by atoms with E-state index in [1.54, 1.807) is 0 Å². The minimum atomic E-state index is -0.280. The fourth-order valence-electron chi connectivity index (χ4n) is 4.69. The number of hydrogen-bond donors (Lipinski definition) is 1. The van der Waals surface area contributed by atoms with Gasteiger partial charge in [-0.25, -0.2) is 0 Å². The number of nitrogens with one attached hydrogen (secondary N) is 1. The highest BCUT2D eigenvalue weighted by atomic mass is 35.5. The summed E-state index contributed by atoms with van der Waals surface area (Å²) in [6.07, 6.45) is 1.22. The van der Waals surface area contributed by atoms with Crippen LogP contribution in [0.25, 0.3) is 0 Å². The zero-order valence-electron chi connectivity index (χ0n) is 17.4. The fraction of sp³-hybridized carbons (Fsp3) is 0.185. The molecule has 1 aliphatic heterocycles. The predicted molar refractivity (Wildman–Crippen MR) is 124 cm³/mol. The molecular formula is C27H22ClNO3. The maximum absolute atomic E-state index is 13.3. The second kappa shape index (κ2) is 8.64. The second-order valence-electron chi connectivity index (χ2n) is 8.23. The fourth-order valence-corrected chi connectivity index (χ4v) is 4.98. The van der Waals surface area contributed by atoms with Crippen molar-refractivity contribution in [2.45, 2.75) is 31.1 Å². The van der Waals surface area contributed by atoms with E-state index in [-0.39, 0.29) is 29.9 Å².